The van der Waals surface area contributed by atoms with Crippen LogP contribution in [-0.2, 0) is 29.4 Å². The van der Waals surface area contributed by atoms with Crippen LogP contribution in [0.2, 0.25) is 0 Å². The molecule has 1 fully saturated rings. The fraction of sp³-hybridized carbons (Fsp3) is 0.500. The van der Waals surface area contributed by atoms with Gasteiger partial charge in [0.15, 0.2) is 28.3 Å². The van der Waals surface area contributed by atoms with Gasteiger partial charge < -0.3 is 20.1 Å². The molecule has 0 saturated carbocycles. The number of phosphoric acid groups is 1. The molecule has 4 aromatic rings. The normalized spacial score (nSPS) is 15.5. The van der Waals surface area contributed by atoms with Crippen LogP contribution < -0.4 is 20.1 Å². The number of amides is 1. The number of anilines is 3. The number of ether oxygens (including phenoxy) is 2. The van der Waals surface area contributed by atoms with Crippen molar-refractivity contribution in [3.63, 3.8) is 0 Å². The Hall–Kier alpha value is -3.79. The fourth-order valence-electron chi connectivity index (χ4n) is 5.68. The van der Waals surface area contributed by atoms with Gasteiger partial charge in [0.1, 0.15) is 12.1 Å². The molecule has 2 N–H and O–H groups in total. The van der Waals surface area contributed by atoms with Crippen molar-refractivity contribution in [2.75, 3.05) is 44.0 Å². The van der Waals surface area contributed by atoms with Gasteiger partial charge in [-0.15, -0.1) is 11.3 Å². The number of phosphoric ester groups is 1. The summed E-state index contributed by atoms with van der Waals surface area (Å²) in [6.07, 6.45) is 5.51. The second kappa shape index (κ2) is 17.1. The minimum atomic E-state index is -3.80. The molecular formula is C36H47F2N6O7PS. The summed E-state index contributed by atoms with van der Waals surface area (Å²) < 4.78 is 70.3. The number of aromatic nitrogens is 3. The Morgan fingerprint density at radius 1 is 1.06 bits per heavy atom. The molecule has 13 nitrogen and oxygen atoms in total. The summed E-state index contributed by atoms with van der Waals surface area (Å²) in [5, 5.41) is 6.70. The molecule has 1 amide bonds. The number of hydrogen-bond acceptors (Lipinski definition) is 13. The summed E-state index contributed by atoms with van der Waals surface area (Å²) in [5.74, 6) is -1.17. The minimum Gasteiger partial charge on any atom is -0.493 e. The Morgan fingerprint density at radius 2 is 1.81 bits per heavy atom. The van der Waals surface area contributed by atoms with Gasteiger partial charge in [-0.25, -0.2) is 28.3 Å². The Morgan fingerprint density at radius 3 is 2.53 bits per heavy atom. The molecular weight excluding hydrogens is 729 g/mol. The van der Waals surface area contributed by atoms with Crippen LogP contribution in [-0.4, -0.2) is 76.4 Å². The summed E-state index contributed by atoms with van der Waals surface area (Å²) in [4.78, 5) is 28.6. The molecule has 0 radical (unpaired) electrons. The van der Waals surface area contributed by atoms with Crippen molar-refractivity contribution in [2.45, 2.75) is 84.5 Å². The number of fused-ring (bicyclic) bond motifs is 1. The van der Waals surface area contributed by atoms with Crippen LogP contribution in [0.5, 0.6) is 11.5 Å². The van der Waals surface area contributed by atoms with Gasteiger partial charge in [-0.2, -0.15) is 0 Å². The molecule has 0 unspecified atom stereocenters. The maximum Gasteiger partial charge on any atom is 0.475 e. The van der Waals surface area contributed by atoms with Crippen molar-refractivity contribution < 1.29 is 41.2 Å². The highest BCUT2D eigenvalue weighted by molar-refractivity contribution is 7.48. The lowest BCUT2D eigenvalue weighted by atomic mass is 10.2. The van der Waals surface area contributed by atoms with Gasteiger partial charge in [-0.1, -0.05) is 6.07 Å². The van der Waals surface area contributed by atoms with E-state index in [1.807, 2.05) is 41.5 Å². The molecule has 0 bridgehead atoms. The minimum absolute atomic E-state index is 0.0733. The number of hydrogen-bond donors (Lipinski definition) is 2. The zero-order chi connectivity index (χ0) is 38.4. The molecule has 288 valence electrons. The molecule has 0 spiro atoms. The number of benzene rings is 2. The van der Waals surface area contributed by atoms with Crippen molar-refractivity contribution in [1.29, 1.82) is 0 Å². The standard InChI is InChI=1S/C36H47F2N6O7PS/c1-35(2,3)50-52(46,51-36(4,5)6)49-21-23-11-9-14-44(23)15-10-16-48-30-19-28-25(18-29(30)47-7)33(41-22-40-28)43-34-39-20-24(53-34)17-31(45)42-27-13-8-12-26(37)32(27)38/h8,12-13,18-20,22-23H,9-11,14-17,21H2,1-7H3,(H,42,45)(H,39,40,41,43)/t23-/m0/s1. The number of thiazole rings is 1. The van der Waals surface area contributed by atoms with E-state index in [1.165, 1.54) is 36.0 Å². The van der Waals surface area contributed by atoms with Gasteiger partial charge in [0, 0.05) is 35.1 Å². The summed E-state index contributed by atoms with van der Waals surface area (Å²) in [7, 11) is -2.25. The summed E-state index contributed by atoms with van der Waals surface area (Å²) in [6, 6.07) is 7.24. The number of nitrogens with zero attached hydrogens (tertiary/aromatic N) is 4. The van der Waals surface area contributed by atoms with E-state index in [0.717, 1.165) is 38.4 Å². The largest absolute Gasteiger partial charge is 0.493 e. The van der Waals surface area contributed by atoms with E-state index in [4.69, 9.17) is 23.0 Å². The van der Waals surface area contributed by atoms with Gasteiger partial charge in [-0.3, -0.25) is 23.3 Å². The van der Waals surface area contributed by atoms with Crippen molar-refractivity contribution in [3.05, 3.63) is 59.4 Å². The summed E-state index contributed by atoms with van der Waals surface area (Å²) in [6.45, 7) is 13.2. The zero-order valence-corrected chi connectivity index (χ0v) is 32.7. The molecule has 17 heteroatoms. The second-order valence-corrected chi connectivity index (χ2v) is 17.1. The third-order valence-corrected chi connectivity index (χ3v) is 10.7. The lowest BCUT2D eigenvalue weighted by Crippen LogP contribution is -2.35. The van der Waals surface area contributed by atoms with Crippen LogP contribution in [0.1, 0.15) is 65.7 Å². The molecule has 2 aromatic heterocycles. The molecule has 2 aromatic carbocycles. The van der Waals surface area contributed by atoms with Crippen LogP contribution >= 0.6 is 19.2 Å². The van der Waals surface area contributed by atoms with Gasteiger partial charge in [0.05, 0.1) is 49.2 Å². The highest BCUT2D eigenvalue weighted by Gasteiger charge is 2.38. The van der Waals surface area contributed by atoms with E-state index in [1.54, 1.807) is 19.2 Å². The van der Waals surface area contributed by atoms with Crippen LogP contribution in [0.3, 0.4) is 0 Å². The van der Waals surface area contributed by atoms with E-state index in [2.05, 4.69) is 30.5 Å². The summed E-state index contributed by atoms with van der Waals surface area (Å²) >= 11 is 1.22. The molecule has 1 saturated heterocycles. The smallest absolute Gasteiger partial charge is 0.475 e. The first-order chi connectivity index (χ1) is 25.0. The molecule has 5 rings (SSSR count). The first-order valence-electron chi connectivity index (χ1n) is 17.3. The number of likely N-dealkylation sites (tertiary alicyclic amines) is 1. The number of halogens is 2. The van der Waals surface area contributed by atoms with E-state index in [-0.39, 0.29) is 24.8 Å². The maximum absolute atomic E-state index is 14.0. The van der Waals surface area contributed by atoms with Gasteiger partial charge >= 0.3 is 7.82 Å². The van der Waals surface area contributed by atoms with Crippen LogP contribution in [0, 0.1) is 11.6 Å². The monoisotopic (exact) mass is 776 g/mol. The zero-order valence-electron chi connectivity index (χ0n) is 31.0. The van der Waals surface area contributed by atoms with Crippen molar-refractivity contribution in [1.82, 2.24) is 19.9 Å². The van der Waals surface area contributed by atoms with Crippen molar-refractivity contribution in [3.8, 4) is 11.5 Å². The molecule has 1 aliphatic heterocycles. The van der Waals surface area contributed by atoms with E-state index >= 15 is 0 Å². The van der Waals surface area contributed by atoms with Gasteiger partial charge in [0.25, 0.3) is 0 Å². The van der Waals surface area contributed by atoms with E-state index in [0.29, 0.717) is 44.8 Å². The first kappa shape index (κ1) is 40.4. The molecule has 53 heavy (non-hydrogen) atoms. The van der Waals surface area contributed by atoms with Gasteiger partial charge in [0.2, 0.25) is 5.91 Å². The highest BCUT2D eigenvalue weighted by Crippen LogP contribution is 2.55. The van der Waals surface area contributed by atoms with Crippen molar-refractivity contribution >= 4 is 52.6 Å². The topological polar surface area (TPSA) is 146 Å². The number of carbonyl (C=O) groups is 1. The van der Waals surface area contributed by atoms with Crippen LogP contribution in [0.25, 0.3) is 10.9 Å². The van der Waals surface area contributed by atoms with Crippen LogP contribution in [0.4, 0.5) is 25.4 Å². The Bertz CT molecular complexity index is 1920. The third-order valence-electron chi connectivity index (χ3n) is 7.80. The fourth-order valence-corrected chi connectivity index (χ4v) is 8.33. The Balaban J connectivity index is 1.16. The number of rotatable bonds is 16. The molecule has 1 aliphatic rings. The second-order valence-electron chi connectivity index (χ2n) is 14.5. The lowest BCUT2D eigenvalue weighted by molar-refractivity contribution is -0.115. The highest BCUT2D eigenvalue weighted by atomic mass is 32.1. The predicted molar refractivity (Wildman–Crippen MR) is 200 cm³/mol. The molecule has 0 aliphatic carbocycles. The first-order valence-corrected chi connectivity index (χ1v) is 19.6. The van der Waals surface area contributed by atoms with E-state index in [9.17, 15) is 18.1 Å². The number of nitrogens with one attached hydrogen (secondary N) is 2. The number of methoxy groups -OCH3 is 1. The Kier molecular flexibility index (Phi) is 13.1. The number of carbonyl (C=O) groups excluding carboxylic acids is 1. The van der Waals surface area contributed by atoms with Gasteiger partial charge in [-0.05, 0) is 85.5 Å². The van der Waals surface area contributed by atoms with Crippen molar-refractivity contribution in [2.24, 2.45) is 0 Å². The average Bonchev–Trinajstić information content (AvgIpc) is 3.71. The maximum atomic E-state index is 14.0. The molecule has 1 atom stereocenters. The molecule has 3 heterocycles. The summed E-state index contributed by atoms with van der Waals surface area (Å²) in [5.41, 5.74) is -1.02. The quantitative estimate of drug-likeness (QED) is 0.0834. The average molecular weight is 777 g/mol. The van der Waals surface area contributed by atoms with E-state index < -0.39 is 36.6 Å². The SMILES string of the molecule is COc1cc2c(Nc3ncc(CC(=O)Nc4cccc(F)c4F)s3)ncnc2cc1OCCCN1CCC[C@H]1COP(=O)(OC(C)(C)C)OC(C)(C)C. The lowest BCUT2D eigenvalue weighted by Gasteiger charge is -2.32. The third kappa shape index (κ3) is 11.6. The Labute approximate surface area is 312 Å². The van der Waals surface area contributed by atoms with Crippen LogP contribution in [0.15, 0.2) is 42.9 Å². The predicted octanol–water partition coefficient (Wildman–Crippen LogP) is 8.29.